The highest BCUT2D eigenvalue weighted by atomic mass is 28.3. The van der Waals surface area contributed by atoms with Crippen LogP contribution >= 0.6 is 0 Å². The first-order valence-corrected chi connectivity index (χ1v) is 10.8. The Kier molecular flexibility index (Phi) is 2.86. The highest BCUT2D eigenvalue weighted by molar-refractivity contribution is 6.92. The van der Waals surface area contributed by atoms with E-state index in [0.717, 1.165) is 12.8 Å². The van der Waals surface area contributed by atoms with Crippen molar-refractivity contribution < 1.29 is 4.79 Å². The van der Waals surface area contributed by atoms with E-state index in [-0.39, 0.29) is 10.5 Å². The molecule has 0 aliphatic heterocycles. The number of hydrogen-bond donors (Lipinski definition) is 0. The van der Waals surface area contributed by atoms with Crippen LogP contribution in [0.3, 0.4) is 0 Å². The molecule has 3 atom stereocenters. The molecular weight excluding hydrogens is 260 g/mol. The van der Waals surface area contributed by atoms with Gasteiger partial charge in [0.25, 0.3) is 0 Å². The normalized spacial score (nSPS) is 35.5. The highest BCUT2D eigenvalue weighted by Gasteiger charge is 2.67. The Labute approximate surface area is 123 Å². The SMILES string of the molecule is CC1(C)[C@@H]2C[C@H]1[C@@](C)([Si](C)(C)c1ccccc1)CC2=O. The zero-order valence-corrected chi connectivity index (χ0v) is 14.4. The molecular formula is C18H26OSi. The van der Waals surface area contributed by atoms with Gasteiger partial charge < -0.3 is 0 Å². The smallest absolute Gasteiger partial charge is 0.136 e. The van der Waals surface area contributed by atoms with Crippen LogP contribution in [0.15, 0.2) is 30.3 Å². The maximum absolute atomic E-state index is 12.6. The van der Waals surface area contributed by atoms with E-state index in [1.807, 2.05) is 0 Å². The summed E-state index contributed by atoms with van der Waals surface area (Å²) in [5.41, 5.74) is 0.211. The van der Waals surface area contributed by atoms with E-state index in [9.17, 15) is 4.79 Å². The largest absolute Gasteiger partial charge is 0.299 e. The molecule has 0 heterocycles. The lowest BCUT2D eigenvalue weighted by atomic mass is 9.45. The summed E-state index contributed by atoms with van der Waals surface area (Å²) < 4.78 is 0. The van der Waals surface area contributed by atoms with Crippen molar-refractivity contribution >= 4 is 19.0 Å². The van der Waals surface area contributed by atoms with Crippen molar-refractivity contribution in [3.63, 3.8) is 0 Å². The number of carbonyl (C=O) groups is 1. The lowest BCUT2D eigenvalue weighted by molar-refractivity contribution is -0.154. The van der Waals surface area contributed by atoms with E-state index in [4.69, 9.17) is 0 Å². The number of Topliss-reactive ketones (excluding diaryl/α,β-unsaturated/α-hetero) is 1. The van der Waals surface area contributed by atoms with Gasteiger partial charge in [-0.2, -0.15) is 0 Å². The number of ketones is 1. The molecule has 20 heavy (non-hydrogen) atoms. The molecule has 1 aromatic rings. The minimum atomic E-state index is -1.68. The molecule has 2 heteroatoms. The Morgan fingerprint density at radius 3 is 2.20 bits per heavy atom. The number of rotatable bonds is 2. The molecule has 3 aliphatic rings. The molecule has 0 amide bonds. The van der Waals surface area contributed by atoms with Gasteiger partial charge in [0.15, 0.2) is 0 Å². The van der Waals surface area contributed by atoms with Gasteiger partial charge in [-0.15, -0.1) is 0 Å². The Morgan fingerprint density at radius 2 is 1.70 bits per heavy atom. The van der Waals surface area contributed by atoms with Crippen LogP contribution in [0.4, 0.5) is 0 Å². The van der Waals surface area contributed by atoms with Crippen molar-refractivity contribution in [2.75, 3.05) is 0 Å². The predicted octanol–water partition coefficient (Wildman–Crippen LogP) is 4.00. The van der Waals surface area contributed by atoms with Gasteiger partial charge in [0.1, 0.15) is 5.78 Å². The standard InChI is InChI=1S/C18H26OSi/c1-17(2)14-11-16(17)18(3,12-15(14)19)20(4,5)13-9-7-6-8-10-13/h6-10,14,16H,11-12H2,1-5H3/t14-,16-,18+/m1/s1. The number of carbonyl (C=O) groups excluding carboxylic acids is 1. The summed E-state index contributed by atoms with van der Waals surface area (Å²) in [6, 6.07) is 10.9. The van der Waals surface area contributed by atoms with Crippen LogP contribution in [-0.4, -0.2) is 13.9 Å². The Balaban J connectivity index is 2.06. The first kappa shape index (κ1) is 14.1. The summed E-state index contributed by atoms with van der Waals surface area (Å²) >= 11 is 0. The number of hydrogen-bond acceptors (Lipinski definition) is 1. The molecule has 0 N–H and O–H groups in total. The molecule has 0 spiro atoms. The Bertz CT molecular complexity index is 546. The zero-order chi connectivity index (χ0) is 14.8. The van der Waals surface area contributed by atoms with Crippen LogP contribution < -0.4 is 5.19 Å². The summed E-state index contributed by atoms with van der Waals surface area (Å²) in [6.45, 7) is 12.0. The molecule has 2 bridgehead atoms. The fraction of sp³-hybridized carbons (Fsp3) is 0.611. The van der Waals surface area contributed by atoms with Gasteiger partial charge in [0.05, 0.1) is 8.07 Å². The number of benzene rings is 1. The molecule has 0 saturated heterocycles. The first-order valence-electron chi connectivity index (χ1n) is 7.79. The average Bonchev–Trinajstić information content (AvgIpc) is 2.38. The lowest BCUT2D eigenvalue weighted by Gasteiger charge is -2.67. The third-order valence-electron chi connectivity index (χ3n) is 6.89. The summed E-state index contributed by atoms with van der Waals surface area (Å²) in [7, 11) is -1.68. The predicted molar refractivity (Wildman–Crippen MR) is 86.9 cm³/mol. The summed E-state index contributed by atoms with van der Waals surface area (Å²) in [5.74, 6) is 1.57. The zero-order valence-electron chi connectivity index (χ0n) is 13.4. The first-order chi connectivity index (χ1) is 9.21. The average molecular weight is 286 g/mol. The van der Waals surface area contributed by atoms with Crippen LogP contribution in [0.2, 0.25) is 18.1 Å². The van der Waals surface area contributed by atoms with E-state index in [1.165, 1.54) is 5.19 Å². The third-order valence-corrected chi connectivity index (χ3v) is 12.0. The van der Waals surface area contributed by atoms with Crippen molar-refractivity contribution in [1.82, 2.24) is 0 Å². The molecule has 108 valence electrons. The maximum atomic E-state index is 12.6. The van der Waals surface area contributed by atoms with Crippen LogP contribution in [0.5, 0.6) is 0 Å². The van der Waals surface area contributed by atoms with Gasteiger partial charge in [-0.1, -0.05) is 69.4 Å². The quantitative estimate of drug-likeness (QED) is 0.751. The lowest BCUT2D eigenvalue weighted by Crippen LogP contribution is -2.67. The van der Waals surface area contributed by atoms with E-state index in [2.05, 4.69) is 64.2 Å². The second-order valence-electron chi connectivity index (χ2n) is 8.21. The molecule has 1 aromatic carbocycles. The van der Waals surface area contributed by atoms with E-state index < -0.39 is 8.07 Å². The molecule has 0 unspecified atom stereocenters. The molecule has 0 radical (unpaired) electrons. The summed E-state index contributed by atoms with van der Waals surface area (Å²) in [5, 5.41) is 1.69. The Hall–Kier alpha value is -0.893. The van der Waals surface area contributed by atoms with Crippen molar-refractivity contribution in [1.29, 1.82) is 0 Å². The number of fused-ring (bicyclic) bond motifs is 2. The fourth-order valence-electron chi connectivity index (χ4n) is 5.00. The van der Waals surface area contributed by atoms with E-state index in [0.29, 0.717) is 17.6 Å². The van der Waals surface area contributed by atoms with Gasteiger partial charge in [-0.3, -0.25) is 4.79 Å². The van der Waals surface area contributed by atoms with Crippen molar-refractivity contribution in [2.24, 2.45) is 17.3 Å². The molecule has 1 nitrogen and oxygen atoms in total. The van der Waals surface area contributed by atoms with Gasteiger partial charge in [0.2, 0.25) is 0 Å². The van der Waals surface area contributed by atoms with Crippen LogP contribution in [-0.2, 0) is 4.79 Å². The van der Waals surface area contributed by atoms with Crippen molar-refractivity contribution in [3.05, 3.63) is 30.3 Å². The van der Waals surface area contributed by atoms with Crippen LogP contribution in [0, 0.1) is 17.3 Å². The fourth-order valence-corrected chi connectivity index (χ4v) is 8.66. The maximum Gasteiger partial charge on any atom is 0.136 e. The Morgan fingerprint density at radius 1 is 1.10 bits per heavy atom. The van der Waals surface area contributed by atoms with Crippen LogP contribution in [0.25, 0.3) is 0 Å². The topological polar surface area (TPSA) is 17.1 Å². The minimum Gasteiger partial charge on any atom is -0.299 e. The highest BCUT2D eigenvalue weighted by Crippen LogP contribution is 2.70. The van der Waals surface area contributed by atoms with Crippen molar-refractivity contribution in [2.45, 2.75) is 51.7 Å². The molecule has 0 aromatic heterocycles. The third kappa shape index (κ3) is 1.57. The summed E-state index contributed by atoms with van der Waals surface area (Å²) in [6.07, 6.45) is 1.94. The second kappa shape index (κ2) is 4.06. The van der Waals surface area contributed by atoms with Gasteiger partial charge in [-0.25, -0.2) is 0 Å². The molecule has 3 aliphatic carbocycles. The van der Waals surface area contributed by atoms with Gasteiger partial charge >= 0.3 is 0 Å². The van der Waals surface area contributed by atoms with Gasteiger partial charge in [-0.05, 0) is 22.8 Å². The molecule has 4 rings (SSSR count). The van der Waals surface area contributed by atoms with E-state index >= 15 is 0 Å². The molecule has 3 fully saturated rings. The second-order valence-corrected chi connectivity index (χ2v) is 13.2. The minimum absolute atomic E-state index is 0.198. The summed E-state index contributed by atoms with van der Waals surface area (Å²) in [4.78, 5) is 12.6. The monoisotopic (exact) mass is 286 g/mol. The van der Waals surface area contributed by atoms with E-state index in [1.54, 1.807) is 0 Å². The molecule has 3 saturated carbocycles. The van der Waals surface area contributed by atoms with Crippen LogP contribution in [0.1, 0.15) is 33.6 Å². The van der Waals surface area contributed by atoms with Crippen molar-refractivity contribution in [3.8, 4) is 0 Å². The van der Waals surface area contributed by atoms with Gasteiger partial charge in [0, 0.05) is 12.3 Å².